The van der Waals surface area contributed by atoms with E-state index in [0.29, 0.717) is 12.5 Å². The largest absolute Gasteiger partial charge is 0.368 e. The van der Waals surface area contributed by atoms with Gasteiger partial charge < -0.3 is 14.3 Å². The molecule has 4 rings (SSSR count). The first-order valence-electron chi connectivity index (χ1n) is 9.01. The fourth-order valence-electron chi connectivity index (χ4n) is 4.35. The van der Waals surface area contributed by atoms with Crippen LogP contribution in [0.5, 0.6) is 0 Å². The average Bonchev–Trinajstić information content (AvgIpc) is 2.92. The quantitative estimate of drug-likeness (QED) is 0.598. The molecule has 26 heavy (non-hydrogen) atoms. The summed E-state index contributed by atoms with van der Waals surface area (Å²) in [6, 6.07) is 10.6. The Bertz CT molecular complexity index is 1020. The molecule has 3 aromatic rings. The van der Waals surface area contributed by atoms with Crippen LogP contribution in [0.25, 0.3) is 22.0 Å². The minimum Gasteiger partial charge on any atom is -0.368 e. The maximum absolute atomic E-state index is 11.5. The van der Waals surface area contributed by atoms with Crippen molar-refractivity contribution in [3.05, 3.63) is 52.2 Å². The van der Waals surface area contributed by atoms with E-state index in [9.17, 15) is 4.79 Å². The number of carbonyl (C=O) groups is 1. The first kappa shape index (κ1) is 17.2. The zero-order valence-electron chi connectivity index (χ0n) is 15.6. The van der Waals surface area contributed by atoms with E-state index < -0.39 is 0 Å². The van der Waals surface area contributed by atoms with E-state index >= 15 is 0 Å². The van der Waals surface area contributed by atoms with Gasteiger partial charge in [-0.15, -0.1) is 0 Å². The molecule has 1 aromatic heterocycles. The number of benzene rings is 2. The summed E-state index contributed by atoms with van der Waals surface area (Å²) in [6.45, 7) is 7.54. The van der Waals surface area contributed by atoms with E-state index in [0.717, 1.165) is 34.5 Å². The molecule has 134 valence electrons. The van der Waals surface area contributed by atoms with E-state index in [2.05, 4.69) is 55.5 Å². The third-order valence-electron chi connectivity index (χ3n) is 5.79. The first-order valence-corrected chi connectivity index (χ1v) is 9.39. The van der Waals surface area contributed by atoms with Gasteiger partial charge in [-0.2, -0.15) is 0 Å². The molecule has 0 N–H and O–H groups in total. The van der Waals surface area contributed by atoms with Gasteiger partial charge in [0.25, 0.3) is 0 Å². The average molecular weight is 367 g/mol. The molecule has 0 bridgehead atoms. The van der Waals surface area contributed by atoms with Crippen LogP contribution in [0.1, 0.15) is 23.7 Å². The summed E-state index contributed by atoms with van der Waals surface area (Å²) < 4.78 is 2.42. The van der Waals surface area contributed by atoms with Crippen molar-refractivity contribution in [2.45, 2.75) is 39.8 Å². The third kappa shape index (κ3) is 2.38. The molecule has 1 aliphatic rings. The Morgan fingerprint density at radius 3 is 2.58 bits per heavy atom. The molecule has 2 heterocycles. The molecule has 0 unspecified atom stereocenters. The van der Waals surface area contributed by atoms with Gasteiger partial charge in [0, 0.05) is 42.2 Å². The summed E-state index contributed by atoms with van der Waals surface area (Å²) in [6.07, 6.45) is 1.43. The summed E-state index contributed by atoms with van der Waals surface area (Å²) in [5.74, 6) is 0. The van der Waals surface area contributed by atoms with Crippen molar-refractivity contribution in [1.29, 1.82) is 0 Å². The molecule has 0 fully saturated rings. The lowest BCUT2D eigenvalue weighted by molar-refractivity contribution is -0.107. The highest BCUT2D eigenvalue weighted by molar-refractivity contribution is 6.30. The van der Waals surface area contributed by atoms with Gasteiger partial charge in [0.2, 0.25) is 0 Å². The van der Waals surface area contributed by atoms with Crippen LogP contribution in [0.3, 0.4) is 0 Å². The zero-order valence-corrected chi connectivity index (χ0v) is 16.4. The Kier molecular flexibility index (Phi) is 4.07. The highest BCUT2D eigenvalue weighted by Gasteiger charge is 2.29. The number of nitrogens with zero attached hydrogens (tertiary/aromatic N) is 2. The third-order valence-corrected chi connectivity index (χ3v) is 6.04. The van der Waals surface area contributed by atoms with Crippen LogP contribution < -0.4 is 4.90 Å². The van der Waals surface area contributed by atoms with E-state index in [1.54, 1.807) is 0 Å². The van der Waals surface area contributed by atoms with Gasteiger partial charge in [0.1, 0.15) is 6.29 Å². The van der Waals surface area contributed by atoms with Gasteiger partial charge >= 0.3 is 0 Å². The standard InChI is InChI=1S/C22H23ClN2O/c1-13-11-19-20(16-5-7-17(23)8-6-16)18(9-10-26)15(3)21-22(19)25(13)12-14(2)24(21)4/h5-8,10-11,14H,9,12H2,1-4H3/t14-/m0/s1. The monoisotopic (exact) mass is 366 g/mol. The maximum Gasteiger partial charge on any atom is 0.124 e. The van der Waals surface area contributed by atoms with Crippen LogP contribution in [0.4, 0.5) is 5.69 Å². The molecular weight excluding hydrogens is 344 g/mol. The summed E-state index contributed by atoms with van der Waals surface area (Å²) in [4.78, 5) is 13.9. The number of hydrogen-bond acceptors (Lipinski definition) is 2. The normalized spacial score (nSPS) is 16.3. The van der Waals surface area contributed by atoms with Gasteiger partial charge in [-0.25, -0.2) is 0 Å². The number of aldehydes is 1. The van der Waals surface area contributed by atoms with Crippen LogP contribution >= 0.6 is 11.6 Å². The predicted molar refractivity (Wildman–Crippen MR) is 109 cm³/mol. The number of hydrogen-bond donors (Lipinski definition) is 0. The summed E-state index contributed by atoms with van der Waals surface area (Å²) in [5, 5.41) is 1.94. The summed E-state index contributed by atoms with van der Waals surface area (Å²) in [7, 11) is 2.16. The lowest BCUT2D eigenvalue weighted by Crippen LogP contribution is -2.37. The number of rotatable bonds is 3. The Morgan fingerprint density at radius 2 is 1.92 bits per heavy atom. The fourth-order valence-corrected chi connectivity index (χ4v) is 4.48. The lowest BCUT2D eigenvalue weighted by Gasteiger charge is -2.36. The molecular formula is C22H23ClN2O. The SMILES string of the molecule is Cc1c(CC=O)c(-c2ccc(Cl)cc2)c2cc(C)n3c2c1N(C)[C@@H](C)C3. The van der Waals surface area contributed by atoms with Crippen molar-refractivity contribution in [1.82, 2.24) is 4.57 Å². The minimum absolute atomic E-state index is 0.416. The van der Waals surface area contributed by atoms with Crippen molar-refractivity contribution in [2.75, 3.05) is 11.9 Å². The van der Waals surface area contributed by atoms with Crippen molar-refractivity contribution < 1.29 is 4.79 Å². The summed E-state index contributed by atoms with van der Waals surface area (Å²) >= 11 is 6.10. The molecule has 0 saturated carbocycles. The molecule has 1 aliphatic heterocycles. The molecule has 0 aliphatic carbocycles. The molecule has 4 heteroatoms. The number of anilines is 1. The van der Waals surface area contributed by atoms with E-state index in [1.165, 1.54) is 27.8 Å². The number of aromatic nitrogens is 1. The Labute approximate surface area is 159 Å². The van der Waals surface area contributed by atoms with Crippen LogP contribution in [-0.2, 0) is 17.8 Å². The highest BCUT2D eigenvalue weighted by atomic mass is 35.5. The van der Waals surface area contributed by atoms with E-state index in [1.807, 2.05) is 12.1 Å². The fraction of sp³-hybridized carbons (Fsp3) is 0.318. The van der Waals surface area contributed by atoms with Crippen molar-refractivity contribution >= 4 is 34.5 Å². The molecule has 0 saturated heterocycles. The van der Waals surface area contributed by atoms with Gasteiger partial charge in [-0.05, 0) is 61.2 Å². The molecule has 0 radical (unpaired) electrons. The molecule has 1 atom stereocenters. The van der Waals surface area contributed by atoms with E-state index in [-0.39, 0.29) is 0 Å². The second kappa shape index (κ2) is 6.17. The predicted octanol–water partition coefficient (Wildman–Crippen LogP) is 5.16. The van der Waals surface area contributed by atoms with Crippen molar-refractivity contribution in [3.63, 3.8) is 0 Å². The molecule has 3 nitrogen and oxygen atoms in total. The van der Waals surface area contributed by atoms with Gasteiger partial charge in [-0.3, -0.25) is 0 Å². The lowest BCUT2D eigenvalue weighted by atomic mass is 9.88. The number of aryl methyl sites for hydroxylation is 1. The van der Waals surface area contributed by atoms with Crippen LogP contribution in [0.2, 0.25) is 5.02 Å². The second-order valence-electron chi connectivity index (χ2n) is 7.32. The second-order valence-corrected chi connectivity index (χ2v) is 7.76. The number of likely N-dealkylation sites (N-methyl/N-ethyl adjacent to an activating group) is 1. The van der Waals surface area contributed by atoms with E-state index in [4.69, 9.17) is 11.6 Å². The Hall–Kier alpha value is -2.26. The zero-order chi connectivity index (χ0) is 18.6. The van der Waals surface area contributed by atoms with Gasteiger partial charge in [0.05, 0.1) is 11.2 Å². The Morgan fingerprint density at radius 1 is 1.23 bits per heavy atom. The number of halogens is 1. The smallest absolute Gasteiger partial charge is 0.124 e. The van der Waals surface area contributed by atoms with Crippen LogP contribution in [-0.4, -0.2) is 23.9 Å². The minimum atomic E-state index is 0.416. The van der Waals surface area contributed by atoms with Crippen molar-refractivity contribution in [3.8, 4) is 11.1 Å². The topological polar surface area (TPSA) is 25.2 Å². The van der Waals surface area contributed by atoms with Crippen LogP contribution in [0.15, 0.2) is 30.3 Å². The molecule has 0 spiro atoms. The van der Waals surface area contributed by atoms with Crippen LogP contribution in [0, 0.1) is 13.8 Å². The molecule has 2 aromatic carbocycles. The van der Waals surface area contributed by atoms with Gasteiger partial charge in [-0.1, -0.05) is 23.7 Å². The summed E-state index contributed by atoms with van der Waals surface area (Å²) in [5.41, 5.74) is 8.38. The first-order chi connectivity index (χ1) is 12.4. The number of carbonyl (C=O) groups excluding carboxylic acids is 1. The van der Waals surface area contributed by atoms with Crippen molar-refractivity contribution in [2.24, 2.45) is 0 Å². The van der Waals surface area contributed by atoms with Gasteiger partial charge in [0.15, 0.2) is 0 Å². The maximum atomic E-state index is 11.5. The Balaban J connectivity index is 2.16. The molecule has 0 amide bonds. The highest BCUT2D eigenvalue weighted by Crippen LogP contribution is 2.45.